The van der Waals surface area contributed by atoms with Crippen molar-refractivity contribution in [3.8, 4) is 0 Å². The topological polar surface area (TPSA) is 101 Å². The summed E-state index contributed by atoms with van der Waals surface area (Å²) in [6, 6.07) is 1.77. The first kappa shape index (κ1) is 32.8. The Morgan fingerprint density at radius 3 is 2.53 bits per heavy atom. The fraction of sp³-hybridized carbons (Fsp3) is 0.571. The molecule has 7 heteroatoms. The number of aliphatic imine (C=N–C) groups is 1. The van der Waals surface area contributed by atoms with Crippen molar-refractivity contribution < 1.29 is 24.5 Å². The van der Waals surface area contributed by atoms with Crippen LogP contribution >= 0.6 is 0 Å². The van der Waals surface area contributed by atoms with Crippen molar-refractivity contribution >= 4 is 28.3 Å². The van der Waals surface area contributed by atoms with Crippen molar-refractivity contribution in [1.29, 1.82) is 0 Å². The van der Waals surface area contributed by atoms with Crippen LogP contribution < -0.4 is 0 Å². The molecule has 0 bridgehead atoms. The number of isocyanates is 1. The zero-order chi connectivity index (χ0) is 35.2. The maximum atomic E-state index is 14.8. The average molecular weight is 663 g/mol. The van der Waals surface area contributed by atoms with Crippen LogP contribution in [0.2, 0.25) is 0 Å². The maximum absolute atomic E-state index is 14.8. The molecule has 258 valence electrons. The third-order valence-corrected chi connectivity index (χ3v) is 14.4. The second-order valence-electron chi connectivity index (χ2n) is 17.7. The fourth-order valence-electron chi connectivity index (χ4n) is 12.5. The number of rotatable bonds is 4. The first-order chi connectivity index (χ1) is 22.9. The minimum absolute atomic E-state index is 0.0320. The monoisotopic (exact) mass is 662 g/mol. The molecule has 2 fully saturated rings. The van der Waals surface area contributed by atoms with E-state index in [1.807, 2.05) is 13.0 Å². The quantitative estimate of drug-likeness (QED) is 0.150. The Balaban J connectivity index is 1.37. The Morgan fingerprint density at radius 1 is 1.10 bits per heavy atom. The number of carbonyl (C=O) groups is 1. The van der Waals surface area contributed by atoms with Crippen LogP contribution in [0.5, 0.6) is 0 Å². The van der Waals surface area contributed by atoms with Gasteiger partial charge < -0.3 is 19.5 Å². The summed E-state index contributed by atoms with van der Waals surface area (Å²) < 4.78 is 8.87. The van der Waals surface area contributed by atoms with Crippen LogP contribution in [0.25, 0.3) is 16.5 Å². The van der Waals surface area contributed by atoms with Crippen LogP contribution in [0, 0.1) is 28.6 Å². The Labute approximate surface area is 289 Å². The van der Waals surface area contributed by atoms with Crippen molar-refractivity contribution in [2.75, 3.05) is 0 Å². The summed E-state index contributed by atoms with van der Waals surface area (Å²) in [6.07, 6.45) is 14.1. The van der Waals surface area contributed by atoms with Crippen LogP contribution in [0.15, 0.2) is 53.7 Å². The Kier molecular flexibility index (Phi) is 6.79. The van der Waals surface area contributed by atoms with Gasteiger partial charge in [-0.15, -0.1) is 0 Å². The molecule has 0 amide bonds. The van der Waals surface area contributed by atoms with Crippen molar-refractivity contribution in [3.63, 3.8) is 0 Å². The molecule has 4 aliphatic carbocycles. The van der Waals surface area contributed by atoms with Gasteiger partial charge in [0.1, 0.15) is 6.04 Å². The molecule has 0 radical (unpaired) electrons. The number of hydrogen-bond donors (Lipinski definition) is 2. The van der Waals surface area contributed by atoms with E-state index in [4.69, 9.17) is 4.74 Å². The molecule has 9 atom stereocenters. The summed E-state index contributed by atoms with van der Waals surface area (Å²) in [7, 11) is 0. The van der Waals surface area contributed by atoms with Crippen LogP contribution in [0.1, 0.15) is 126 Å². The van der Waals surface area contributed by atoms with Gasteiger partial charge in [-0.25, -0.2) is 4.79 Å². The van der Waals surface area contributed by atoms with E-state index >= 15 is 0 Å². The average Bonchev–Trinajstić information content (AvgIpc) is 3.68. The second kappa shape index (κ2) is 10.1. The molecule has 49 heavy (non-hydrogen) atoms. The standard InChI is InChI=1S/C42H50N2O5/c1-22(2)33-36(48)31-30-24(27-20-38(3,4)49-39(5,6)32(27)35(30)47)19-25-26-18-23-12-13-28-40(7,15-10-11-17-43-21-45)29(46)14-16-41(28,8)42(23,9)37(26)44(33)34(25)31/h10-11,15,17,19-20,23,28-29,32-33,35,46-47H,1,12-14,16,18H2,2-9H3/b15-10+,17-11+/t23-,28-,29-,32+,33-,35+,40-,41-,42+/m0/s1. The van der Waals surface area contributed by atoms with E-state index in [1.54, 1.807) is 12.2 Å². The molecular weight excluding hydrogens is 612 g/mol. The zero-order valence-corrected chi connectivity index (χ0v) is 30.2. The maximum Gasteiger partial charge on any atom is 0.239 e. The third-order valence-electron chi connectivity index (χ3n) is 14.4. The molecular formula is C42H50N2O5. The Hall–Kier alpha value is -3.35. The summed E-state index contributed by atoms with van der Waals surface area (Å²) in [5.74, 6) is 0.347. The van der Waals surface area contributed by atoms with Crippen LogP contribution in [0.3, 0.4) is 0 Å². The number of allylic oxidation sites excluding steroid dienone is 3. The number of fused-ring (bicyclic) bond motifs is 11. The van der Waals surface area contributed by atoms with E-state index in [2.05, 4.69) is 82.8 Å². The molecule has 3 heterocycles. The van der Waals surface area contributed by atoms with Crippen molar-refractivity contribution in [3.05, 3.63) is 76.7 Å². The predicted molar refractivity (Wildman–Crippen MR) is 191 cm³/mol. The number of hydrogen-bond acceptors (Lipinski definition) is 6. The fourth-order valence-corrected chi connectivity index (χ4v) is 12.5. The number of aromatic nitrogens is 1. The van der Waals surface area contributed by atoms with Crippen LogP contribution in [-0.4, -0.2) is 43.9 Å². The van der Waals surface area contributed by atoms with Crippen LogP contribution in [0.4, 0.5) is 0 Å². The normalized spacial score (nSPS) is 39.4. The van der Waals surface area contributed by atoms with Crippen molar-refractivity contribution in [2.45, 2.75) is 122 Å². The lowest BCUT2D eigenvalue weighted by atomic mass is 9.40. The van der Waals surface area contributed by atoms with E-state index < -0.39 is 34.9 Å². The predicted octanol–water partition coefficient (Wildman–Crippen LogP) is 8.00. The molecule has 1 aromatic heterocycles. The summed E-state index contributed by atoms with van der Waals surface area (Å²) in [4.78, 5) is 29.0. The Bertz CT molecular complexity index is 2000. The van der Waals surface area contributed by atoms with E-state index in [0.717, 1.165) is 58.9 Å². The number of Topliss-reactive ketones (excluding diaryl/α,β-unsaturated/α-hetero) is 1. The number of nitrogens with zero attached hydrogens (tertiary/aromatic N) is 2. The van der Waals surface area contributed by atoms with E-state index in [1.165, 1.54) is 17.5 Å². The zero-order valence-electron chi connectivity index (χ0n) is 30.2. The van der Waals surface area contributed by atoms with E-state index in [9.17, 15) is 19.8 Å². The Morgan fingerprint density at radius 2 is 1.84 bits per heavy atom. The summed E-state index contributed by atoms with van der Waals surface area (Å²) >= 11 is 0. The molecule has 0 saturated heterocycles. The van der Waals surface area contributed by atoms with Gasteiger partial charge in [0.2, 0.25) is 6.08 Å². The molecule has 0 spiro atoms. The minimum atomic E-state index is -0.851. The van der Waals surface area contributed by atoms with Gasteiger partial charge in [-0.05, 0) is 119 Å². The minimum Gasteiger partial charge on any atom is -0.392 e. The van der Waals surface area contributed by atoms with Gasteiger partial charge in [0, 0.05) is 39.6 Å². The van der Waals surface area contributed by atoms with E-state index in [0.29, 0.717) is 17.9 Å². The SMILES string of the molecule is C=C(C)[C@H]1C(=O)c2c3c(cc4c5c(n1c24)[C@@]1(C)[C@@H](CC[C@H]2[C@](C)(/C=C/C=C/N=C=O)[C@@H](O)CC[C@@]21C)C5)C1=CC(C)(C)OC(C)(C)[C@H]1[C@@H]3O. The van der Waals surface area contributed by atoms with Gasteiger partial charge >= 0.3 is 0 Å². The molecule has 2 aromatic rings. The summed E-state index contributed by atoms with van der Waals surface area (Å²) in [5.41, 5.74) is 5.82. The van der Waals surface area contributed by atoms with Gasteiger partial charge in [-0.1, -0.05) is 45.1 Å². The van der Waals surface area contributed by atoms with Crippen molar-refractivity contribution in [2.24, 2.45) is 33.6 Å². The number of ketones is 1. The molecule has 2 aliphatic heterocycles. The largest absolute Gasteiger partial charge is 0.392 e. The molecule has 7 nitrogen and oxygen atoms in total. The highest BCUT2D eigenvalue weighted by atomic mass is 16.5. The molecule has 1 aromatic carbocycles. The highest BCUT2D eigenvalue weighted by Crippen LogP contribution is 2.71. The highest BCUT2D eigenvalue weighted by Gasteiger charge is 2.67. The molecule has 2 saturated carbocycles. The first-order valence-electron chi connectivity index (χ1n) is 18.1. The molecule has 6 aliphatic rings. The van der Waals surface area contributed by atoms with Gasteiger partial charge in [0.05, 0.1) is 34.5 Å². The summed E-state index contributed by atoms with van der Waals surface area (Å²) in [5, 5.41) is 24.9. The summed E-state index contributed by atoms with van der Waals surface area (Å²) in [6.45, 7) is 21.7. The van der Waals surface area contributed by atoms with Crippen LogP contribution in [-0.2, 0) is 21.4 Å². The van der Waals surface area contributed by atoms with Crippen molar-refractivity contribution in [1.82, 2.24) is 4.57 Å². The smallest absolute Gasteiger partial charge is 0.239 e. The lowest BCUT2D eigenvalue weighted by Crippen LogP contribution is -2.62. The van der Waals surface area contributed by atoms with Gasteiger partial charge in [0.25, 0.3) is 0 Å². The third kappa shape index (κ3) is 3.94. The molecule has 8 rings (SSSR count). The first-order valence-corrected chi connectivity index (χ1v) is 18.1. The number of carbonyl (C=O) groups excluding carboxylic acids is 2. The number of ether oxygens (including phenoxy) is 1. The number of benzene rings is 1. The number of aliphatic hydroxyl groups is 2. The van der Waals surface area contributed by atoms with E-state index in [-0.39, 0.29) is 28.4 Å². The lowest BCUT2D eigenvalue weighted by molar-refractivity contribution is -0.144. The highest BCUT2D eigenvalue weighted by molar-refractivity contribution is 6.18. The lowest BCUT2D eigenvalue weighted by Gasteiger charge is -2.64. The second-order valence-corrected chi connectivity index (χ2v) is 17.7. The van der Waals surface area contributed by atoms with Gasteiger partial charge in [-0.2, -0.15) is 4.99 Å². The molecule has 0 unspecified atom stereocenters. The molecule has 2 N–H and O–H groups in total. The van der Waals surface area contributed by atoms with Gasteiger partial charge in [-0.3, -0.25) is 4.79 Å². The number of aliphatic hydroxyl groups excluding tert-OH is 2. The van der Waals surface area contributed by atoms with Gasteiger partial charge in [0.15, 0.2) is 5.78 Å².